The van der Waals surface area contributed by atoms with Crippen LogP contribution in [0.5, 0.6) is 0 Å². The predicted molar refractivity (Wildman–Crippen MR) is 93.6 cm³/mol. The van der Waals surface area contributed by atoms with Crippen LogP contribution in [-0.2, 0) is 4.79 Å². The average molecular weight is 322 g/mol. The van der Waals surface area contributed by atoms with Crippen LogP contribution in [0, 0.1) is 5.92 Å². The maximum absolute atomic E-state index is 12.2. The van der Waals surface area contributed by atoms with Crippen molar-refractivity contribution in [3.8, 4) is 11.3 Å². The highest BCUT2D eigenvalue weighted by atomic mass is 16.2. The number of rotatable bonds is 4. The number of pyridine rings is 2. The topological polar surface area (TPSA) is 58.1 Å². The number of piperidine rings is 1. The van der Waals surface area contributed by atoms with Gasteiger partial charge >= 0.3 is 0 Å². The Labute approximate surface area is 142 Å². The minimum absolute atomic E-state index is 0.150. The van der Waals surface area contributed by atoms with Crippen LogP contribution in [0.2, 0.25) is 0 Å². The van der Waals surface area contributed by atoms with E-state index in [4.69, 9.17) is 0 Å². The number of carbonyl (C=O) groups is 1. The predicted octanol–water partition coefficient (Wildman–Crippen LogP) is 2.64. The van der Waals surface area contributed by atoms with Gasteiger partial charge in [0.25, 0.3) is 0 Å². The second kappa shape index (κ2) is 6.59. The summed E-state index contributed by atoms with van der Waals surface area (Å²) in [6.07, 6.45) is 9.62. The number of aromatic nitrogens is 2. The number of nitrogens with one attached hydrogen (secondary N) is 1. The quantitative estimate of drug-likeness (QED) is 0.940. The zero-order chi connectivity index (χ0) is 16.4. The average Bonchev–Trinajstić information content (AvgIpc) is 3.46. The zero-order valence-electron chi connectivity index (χ0n) is 13.7. The van der Waals surface area contributed by atoms with Crippen molar-refractivity contribution in [3.63, 3.8) is 0 Å². The number of hydrogen-bond acceptors (Lipinski definition) is 4. The Balaban J connectivity index is 1.47. The van der Waals surface area contributed by atoms with Crippen LogP contribution in [-0.4, -0.2) is 35.0 Å². The zero-order valence-corrected chi connectivity index (χ0v) is 13.7. The van der Waals surface area contributed by atoms with E-state index in [0.29, 0.717) is 6.04 Å². The first-order valence-electron chi connectivity index (χ1n) is 8.72. The third kappa shape index (κ3) is 3.25. The van der Waals surface area contributed by atoms with Gasteiger partial charge in [0.2, 0.25) is 5.91 Å². The van der Waals surface area contributed by atoms with E-state index in [2.05, 4.69) is 20.2 Å². The van der Waals surface area contributed by atoms with Gasteiger partial charge in [-0.15, -0.1) is 0 Å². The number of anilines is 1. The Morgan fingerprint density at radius 1 is 1.08 bits per heavy atom. The van der Waals surface area contributed by atoms with Crippen LogP contribution < -0.4 is 10.2 Å². The lowest BCUT2D eigenvalue weighted by Crippen LogP contribution is -2.41. The van der Waals surface area contributed by atoms with Gasteiger partial charge in [-0.1, -0.05) is 6.07 Å². The standard InChI is InChI=1S/C19H22N4O/c24-19(22-15-4-5-15)14-7-11-23(12-8-14)18-13-20-10-6-16(18)17-3-1-2-9-21-17/h1-3,6,9-10,13-15H,4-5,7-8,11-12H2,(H,22,24). The summed E-state index contributed by atoms with van der Waals surface area (Å²) >= 11 is 0. The van der Waals surface area contributed by atoms with Crippen molar-refractivity contribution in [1.29, 1.82) is 0 Å². The van der Waals surface area contributed by atoms with Crippen LogP contribution in [0.1, 0.15) is 25.7 Å². The third-order valence-corrected chi connectivity index (χ3v) is 4.87. The highest BCUT2D eigenvalue weighted by Gasteiger charge is 2.30. The van der Waals surface area contributed by atoms with E-state index in [-0.39, 0.29) is 11.8 Å². The van der Waals surface area contributed by atoms with Crippen LogP contribution >= 0.6 is 0 Å². The first-order valence-corrected chi connectivity index (χ1v) is 8.72. The van der Waals surface area contributed by atoms with E-state index in [1.54, 1.807) is 0 Å². The Hall–Kier alpha value is -2.43. The van der Waals surface area contributed by atoms with Gasteiger partial charge in [-0.3, -0.25) is 14.8 Å². The molecule has 5 heteroatoms. The van der Waals surface area contributed by atoms with E-state index in [9.17, 15) is 4.79 Å². The second-order valence-electron chi connectivity index (χ2n) is 6.65. The SMILES string of the molecule is O=C(NC1CC1)C1CCN(c2cnccc2-c2ccccn2)CC1. The van der Waals surface area contributed by atoms with E-state index in [0.717, 1.165) is 55.7 Å². The minimum Gasteiger partial charge on any atom is -0.370 e. The maximum atomic E-state index is 12.2. The fourth-order valence-corrected chi connectivity index (χ4v) is 3.31. The second-order valence-corrected chi connectivity index (χ2v) is 6.65. The highest BCUT2D eigenvalue weighted by Crippen LogP contribution is 2.31. The van der Waals surface area contributed by atoms with E-state index < -0.39 is 0 Å². The third-order valence-electron chi connectivity index (χ3n) is 4.87. The molecule has 1 saturated carbocycles. The Kier molecular flexibility index (Phi) is 4.15. The van der Waals surface area contributed by atoms with Crippen molar-refractivity contribution in [2.45, 2.75) is 31.7 Å². The van der Waals surface area contributed by atoms with Gasteiger partial charge in [-0.25, -0.2) is 0 Å². The van der Waals surface area contributed by atoms with Crippen molar-refractivity contribution in [3.05, 3.63) is 42.9 Å². The van der Waals surface area contributed by atoms with Gasteiger partial charge < -0.3 is 10.2 Å². The summed E-state index contributed by atoms with van der Waals surface area (Å²) in [4.78, 5) is 23.3. The summed E-state index contributed by atoms with van der Waals surface area (Å²) in [5.41, 5.74) is 3.17. The molecule has 2 aromatic heterocycles. The number of amides is 1. The van der Waals surface area contributed by atoms with Crippen molar-refractivity contribution >= 4 is 11.6 Å². The van der Waals surface area contributed by atoms with Gasteiger partial charge in [0.05, 0.1) is 17.6 Å². The lowest BCUT2D eigenvalue weighted by atomic mass is 9.95. The summed E-state index contributed by atoms with van der Waals surface area (Å²) in [5.74, 6) is 0.394. The lowest BCUT2D eigenvalue weighted by Gasteiger charge is -2.33. The molecular weight excluding hydrogens is 300 g/mol. The van der Waals surface area contributed by atoms with E-state index >= 15 is 0 Å². The number of nitrogens with zero attached hydrogens (tertiary/aromatic N) is 3. The summed E-state index contributed by atoms with van der Waals surface area (Å²) in [7, 11) is 0. The first kappa shape index (κ1) is 15.1. The molecule has 5 nitrogen and oxygen atoms in total. The molecule has 0 spiro atoms. The fraction of sp³-hybridized carbons (Fsp3) is 0.421. The van der Waals surface area contributed by atoms with Crippen LogP contribution in [0.4, 0.5) is 5.69 Å². The molecule has 0 radical (unpaired) electrons. The molecule has 4 rings (SSSR count). The van der Waals surface area contributed by atoms with Crippen molar-refractivity contribution in [2.75, 3.05) is 18.0 Å². The molecule has 1 saturated heterocycles. The molecule has 0 aromatic carbocycles. The molecular formula is C19H22N4O. The molecule has 1 aliphatic carbocycles. The van der Waals surface area contributed by atoms with Crippen molar-refractivity contribution in [1.82, 2.24) is 15.3 Å². The fourth-order valence-electron chi connectivity index (χ4n) is 3.31. The van der Waals surface area contributed by atoms with Gasteiger partial charge in [0.1, 0.15) is 0 Å². The first-order chi connectivity index (χ1) is 11.8. The Bertz CT molecular complexity index is 706. The van der Waals surface area contributed by atoms with Gasteiger partial charge in [-0.05, 0) is 43.9 Å². The minimum atomic E-state index is 0.150. The van der Waals surface area contributed by atoms with Crippen LogP contribution in [0.15, 0.2) is 42.9 Å². The molecule has 3 heterocycles. The molecule has 2 fully saturated rings. The molecule has 24 heavy (non-hydrogen) atoms. The molecule has 1 amide bonds. The molecule has 0 bridgehead atoms. The monoisotopic (exact) mass is 322 g/mol. The van der Waals surface area contributed by atoms with Crippen molar-refractivity contribution in [2.24, 2.45) is 5.92 Å². The molecule has 2 aliphatic rings. The lowest BCUT2D eigenvalue weighted by molar-refractivity contribution is -0.125. The smallest absolute Gasteiger partial charge is 0.223 e. The molecule has 124 valence electrons. The summed E-state index contributed by atoms with van der Waals surface area (Å²) in [6, 6.07) is 8.41. The molecule has 1 aliphatic heterocycles. The summed E-state index contributed by atoms with van der Waals surface area (Å²) in [5, 5.41) is 3.14. The van der Waals surface area contributed by atoms with E-state index in [1.165, 1.54) is 0 Å². The molecule has 1 N–H and O–H groups in total. The van der Waals surface area contributed by atoms with Crippen molar-refractivity contribution < 1.29 is 4.79 Å². The highest BCUT2D eigenvalue weighted by molar-refractivity contribution is 5.80. The molecule has 2 aromatic rings. The van der Waals surface area contributed by atoms with E-state index in [1.807, 2.05) is 42.9 Å². The van der Waals surface area contributed by atoms with Crippen LogP contribution in [0.3, 0.4) is 0 Å². The normalized spacial score (nSPS) is 18.4. The molecule has 0 unspecified atom stereocenters. The number of hydrogen-bond donors (Lipinski definition) is 1. The van der Waals surface area contributed by atoms with Gasteiger partial charge in [0.15, 0.2) is 0 Å². The van der Waals surface area contributed by atoms with Gasteiger partial charge in [-0.2, -0.15) is 0 Å². The maximum Gasteiger partial charge on any atom is 0.223 e. The van der Waals surface area contributed by atoms with Gasteiger partial charge in [0, 0.05) is 43.0 Å². The Morgan fingerprint density at radius 2 is 1.92 bits per heavy atom. The largest absolute Gasteiger partial charge is 0.370 e. The molecule has 0 atom stereocenters. The number of carbonyl (C=O) groups excluding carboxylic acids is 1. The summed E-state index contributed by atoms with van der Waals surface area (Å²) < 4.78 is 0. The summed E-state index contributed by atoms with van der Waals surface area (Å²) in [6.45, 7) is 1.77. The Morgan fingerprint density at radius 3 is 2.62 bits per heavy atom. The van der Waals surface area contributed by atoms with Crippen LogP contribution in [0.25, 0.3) is 11.3 Å².